The van der Waals surface area contributed by atoms with Crippen LogP contribution in [0.2, 0.25) is 0 Å². The van der Waals surface area contributed by atoms with Gasteiger partial charge < -0.3 is 9.15 Å². The molecule has 0 fully saturated rings. The monoisotopic (exact) mass is 363 g/mol. The minimum absolute atomic E-state index is 0.239. The molecule has 0 aliphatic rings. The van der Waals surface area contributed by atoms with Crippen molar-refractivity contribution in [2.45, 2.75) is 18.0 Å². The molecule has 3 aromatic rings. The van der Waals surface area contributed by atoms with Gasteiger partial charge in [-0.25, -0.2) is 8.42 Å². The van der Waals surface area contributed by atoms with Gasteiger partial charge in [0.1, 0.15) is 5.75 Å². The van der Waals surface area contributed by atoms with E-state index in [2.05, 4.69) is 0 Å². The summed E-state index contributed by atoms with van der Waals surface area (Å²) in [6.07, 6.45) is 3.10. The quantitative estimate of drug-likeness (QED) is 0.642. The van der Waals surface area contributed by atoms with Crippen LogP contribution in [0.1, 0.15) is 10.4 Å². The molecule has 2 heterocycles. The standard InChI is InChI=1S/C17H17NO4S2/c1-21-15-4-6-17(7-5-15)24(19,20)18(11-14-8-9-22-13-14)12-16-3-2-10-23-16/h2-10,13H,11-12H2,1H3. The highest BCUT2D eigenvalue weighted by atomic mass is 32.2. The molecule has 24 heavy (non-hydrogen) atoms. The van der Waals surface area contributed by atoms with Crippen LogP contribution in [0.25, 0.3) is 0 Å². The van der Waals surface area contributed by atoms with Crippen molar-refractivity contribution in [1.82, 2.24) is 4.31 Å². The van der Waals surface area contributed by atoms with E-state index in [0.717, 1.165) is 10.4 Å². The van der Waals surface area contributed by atoms with E-state index in [4.69, 9.17) is 9.15 Å². The summed E-state index contributed by atoms with van der Waals surface area (Å²) in [7, 11) is -2.09. The predicted octanol–water partition coefficient (Wildman–Crippen LogP) is 3.74. The lowest BCUT2D eigenvalue weighted by Gasteiger charge is -2.21. The van der Waals surface area contributed by atoms with Gasteiger partial charge >= 0.3 is 0 Å². The first-order chi connectivity index (χ1) is 11.6. The average Bonchev–Trinajstić information content (AvgIpc) is 3.28. The molecule has 126 valence electrons. The number of sulfonamides is 1. The molecule has 0 aliphatic carbocycles. The summed E-state index contributed by atoms with van der Waals surface area (Å²) < 4.78 is 37.7. The molecule has 1 aromatic carbocycles. The second-order valence-electron chi connectivity index (χ2n) is 5.16. The van der Waals surface area contributed by atoms with Gasteiger partial charge in [-0.2, -0.15) is 4.31 Å². The second-order valence-corrected chi connectivity index (χ2v) is 8.13. The molecule has 2 aromatic heterocycles. The highest BCUT2D eigenvalue weighted by Gasteiger charge is 2.25. The smallest absolute Gasteiger partial charge is 0.243 e. The molecule has 0 bridgehead atoms. The van der Waals surface area contributed by atoms with E-state index >= 15 is 0 Å². The molecule has 0 saturated heterocycles. The predicted molar refractivity (Wildman–Crippen MR) is 92.5 cm³/mol. The van der Waals surface area contributed by atoms with Crippen molar-refractivity contribution < 1.29 is 17.6 Å². The van der Waals surface area contributed by atoms with Crippen molar-refractivity contribution in [3.05, 3.63) is 70.8 Å². The Labute approximate surface area is 145 Å². The first-order valence-electron chi connectivity index (χ1n) is 7.27. The largest absolute Gasteiger partial charge is 0.497 e. The maximum absolute atomic E-state index is 13.0. The van der Waals surface area contributed by atoms with E-state index < -0.39 is 10.0 Å². The number of nitrogens with zero attached hydrogens (tertiary/aromatic N) is 1. The molecule has 0 radical (unpaired) electrons. The number of benzene rings is 1. The normalized spacial score (nSPS) is 11.8. The second kappa shape index (κ2) is 7.21. The van der Waals surface area contributed by atoms with Crippen LogP contribution in [0.4, 0.5) is 0 Å². The van der Waals surface area contributed by atoms with Crippen LogP contribution in [0.5, 0.6) is 5.75 Å². The fourth-order valence-corrected chi connectivity index (χ4v) is 4.49. The van der Waals surface area contributed by atoms with Crippen molar-refractivity contribution in [3.63, 3.8) is 0 Å². The Morgan fingerprint density at radius 2 is 1.92 bits per heavy atom. The lowest BCUT2D eigenvalue weighted by Crippen LogP contribution is -2.29. The number of rotatable bonds is 7. The SMILES string of the molecule is COc1ccc(S(=O)(=O)N(Cc2ccoc2)Cc2cccs2)cc1. The van der Waals surface area contributed by atoms with Gasteiger partial charge in [-0.05, 0) is 41.8 Å². The van der Waals surface area contributed by atoms with Crippen LogP contribution in [0.3, 0.4) is 0 Å². The fraction of sp³-hybridized carbons (Fsp3) is 0.176. The molecule has 0 spiro atoms. The van der Waals surface area contributed by atoms with Gasteiger partial charge in [0, 0.05) is 23.5 Å². The lowest BCUT2D eigenvalue weighted by molar-refractivity contribution is 0.401. The summed E-state index contributed by atoms with van der Waals surface area (Å²) in [6.45, 7) is 0.569. The van der Waals surface area contributed by atoms with Crippen molar-refractivity contribution in [2.75, 3.05) is 7.11 Å². The summed E-state index contributed by atoms with van der Waals surface area (Å²) in [6, 6.07) is 12.0. The fourth-order valence-electron chi connectivity index (χ4n) is 2.29. The Morgan fingerprint density at radius 1 is 1.12 bits per heavy atom. The third-order valence-corrected chi connectivity index (χ3v) is 6.22. The van der Waals surface area contributed by atoms with Gasteiger partial charge in [0.15, 0.2) is 0 Å². The molecule has 7 heteroatoms. The third kappa shape index (κ3) is 3.69. The molecular weight excluding hydrogens is 346 g/mol. The van der Waals surface area contributed by atoms with Gasteiger partial charge in [0.25, 0.3) is 0 Å². The zero-order valence-corrected chi connectivity index (χ0v) is 14.7. The zero-order valence-electron chi connectivity index (χ0n) is 13.1. The van der Waals surface area contributed by atoms with Crippen LogP contribution in [-0.2, 0) is 23.1 Å². The summed E-state index contributed by atoms with van der Waals surface area (Å²) in [5, 5.41) is 1.94. The molecular formula is C17H17NO4S2. The van der Waals surface area contributed by atoms with E-state index in [1.165, 1.54) is 15.6 Å². The molecule has 0 amide bonds. The maximum atomic E-state index is 13.0. The van der Waals surface area contributed by atoms with Crippen molar-refractivity contribution in [1.29, 1.82) is 0 Å². The van der Waals surface area contributed by atoms with Crippen LogP contribution < -0.4 is 4.74 Å². The van der Waals surface area contributed by atoms with Crippen LogP contribution >= 0.6 is 11.3 Å². The van der Waals surface area contributed by atoms with Crippen molar-refractivity contribution in [2.24, 2.45) is 0 Å². The Bertz CT molecular complexity index is 818. The maximum Gasteiger partial charge on any atom is 0.243 e. The number of ether oxygens (including phenoxy) is 1. The highest BCUT2D eigenvalue weighted by molar-refractivity contribution is 7.89. The summed E-state index contributed by atoms with van der Waals surface area (Å²) in [5.41, 5.74) is 0.809. The molecule has 0 unspecified atom stereocenters. The van der Waals surface area contributed by atoms with Gasteiger partial charge in [-0.3, -0.25) is 0 Å². The highest BCUT2D eigenvalue weighted by Crippen LogP contribution is 2.24. The first-order valence-corrected chi connectivity index (χ1v) is 9.59. The molecule has 0 atom stereocenters. The minimum atomic E-state index is -3.64. The Kier molecular flexibility index (Phi) is 5.03. The van der Waals surface area contributed by atoms with Crippen LogP contribution in [0, 0.1) is 0 Å². The Balaban J connectivity index is 1.92. The van der Waals surface area contributed by atoms with Gasteiger partial charge in [-0.1, -0.05) is 6.07 Å². The zero-order chi connectivity index (χ0) is 17.0. The van der Waals surface area contributed by atoms with E-state index in [1.54, 1.807) is 50.0 Å². The average molecular weight is 363 g/mol. The summed E-state index contributed by atoms with van der Waals surface area (Å²) in [5.74, 6) is 0.619. The van der Waals surface area contributed by atoms with Crippen LogP contribution in [-0.4, -0.2) is 19.8 Å². The van der Waals surface area contributed by atoms with E-state index in [9.17, 15) is 8.42 Å². The number of hydrogen-bond donors (Lipinski definition) is 0. The Hall–Kier alpha value is -2.09. The van der Waals surface area contributed by atoms with E-state index in [0.29, 0.717) is 12.3 Å². The lowest BCUT2D eigenvalue weighted by atomic mass is 10.3. The minimum Gasteiger partial charge on any atom is -0.497 e. The first kappa shape index (κ1) is 16.8. The summed E-state index contributed by atoms with van der Waals surface area (Å²) in [4.78, 5) is 1.22. The molecule has 0 aliphatic heterocycles. The van der Waals surface area contributed by atoms with Crippen molar-refractivity contribution in [3.8, 4) is 5.75 Å². The van der Waals surface area contributed by atoms with Gasteiger partial charge in [0.05, 0.1) is 24.5 Å². The molecule has 0 N–H and O–H groups in total. The number of hydrogen-bond acceptors (Lipinski definition) is 5. The molecule has 5 nitrogen and oxygen atoms in total. The van der Waals surface area contributed by atoms with E-state index in [-0.39, 0.29) is 11.4 Å². The van der Waals surface area contributed by atoms with Gasteiger partial charge in [-0.15, -0.1) is 11.3 Å². The number of furan rings is 1. The number of methoxy groups -OCH3 is 1. The van der Waals surface area contributed by atoms with E-state index in [1.807, 2.05) is 17.5 Å². The molecule has 0 saturated carbocycles. The van der Waals surface area contributed by atoms with Gasteiger partial charge in [0.2, 0.25) is 10.0 Å². The molecule has 3 rings (SSSR count). The topological polar surface area (TPSA) is 59.8 Å². The Morgan fingerprint density at radius 3 is 2.50 bits per heavy atom. The van der Waals surface area contributed by atoms with Crippen LogP contribution in [0.15, 0.2) is 69.7 Å². The third-order valence-electron chi connectivity index (χ3n) is 3.55. The summed E-state index contributed by atoms with van der Waals surface area (Å²) >= 11 is 1.53. The van der Waals surface area contributed by atoms with Crippen molar-refractivity contribution >= 4 is 21.4 Å². The number of thiophene rings is 1.